The lowest BCUT2D eigenvalue weighted by Gasteiger charge is -2.12. The molecular weight excluding hydrogens is 228 g/mol. The van der Waals surface area contributed by atoms with Crippen molar-refractivity contribution >= 4 is 0 Å². The Kier molecular flexibility index (Phi) is 6.68. The molecule has 4 nitrogen and oxygen atoms in total. The van der Waals surface area contributed by atoms with E-state index in [2.05, 4.69) is 24.1 Å². The van der Waals surface area contributed by atoms with Gasteiger partial charge in [-0.1, -0.05) is 6.92 Å². The van der Waals surface area contributed by atoms with Gasteiger partial charge in [0.2, 0.25) is 0 Å². The molecule has 18 heavy (non-hydrogen) atoms. The molecule has 0 saturated carbocycles. The minimum Gasteiger partial charge on any atom is -0.490 e. The molecule has 0 aliphatic heterocycles. The number of hydrogen-bond acceptors (Lipinski definition) is 4. The number of rotatable bonds is 8. The van der Waals surface area contributed by atoms with Crippen molar-refractivity contribution in [2.24, 2.45) is 0 Å². The Labute approximate surface area is 110 Å². The first-order chi connectivity index (χ1) is 8.63. The molecule has 1 unspecified atom stereocenters. The summed E-state index contributed by atoms with van der Waals surface area (Å²) in [6, 6.07) is 4.21. The summed E-state index contributed by atoms with van der Waals surface area (Å²) in [7, 11) is 0. The molecule has 102 valence electrons. The second-order valence-corrected chi connectivity index (χ2v) is 4.47. The van der Waals surface area contributed by atoms with Gasteiger partial charge in [0.05, 0.1) is 24.6 Å². The van der Waals surface area contributed by atoms with Crippen molar-refractivity contribution in [2.75, 3.05) is 19.8 Å². The highest BCUT2D eigenvalue weighted by atomic mass is 16.5. The molecule has 1 aromatic rings. The van der Waals surface area contributed by atoms with Gasteiger partial charge in [-0.3, -0.25) is 4.98 Å². The van der Waals surface area contributed by atoms with Gasteiger partial charge in [-0.05, 0) is 39.4 Å². The van der Waals surface area contributed by atoms with Crippen molar-refractivity contribution in [3.63, 3.8) is 0 Å². The van der Waals surface area contributed by atoms with Gasteiger partial charge in [0.1, 0.15) is 12.4 Å². The molecule has 0 radical (unpaired) electrons. The van der Waals surface area contributed by atoms with Gasteiger partial charge in [-0.2, -0.15) is 0 Å². The third kappa shape index (κ3) is 5.47. The zero-order valence-corrected chi connectivity index (χ0v) is 11.8. The highest BCUT2D eigenvalue weighted by molar-refractivity contribution is 5.21. The molecule has 0 spiro atoms. The molecular formula is C14H24N2O2. The summed E-state index contributed by atoms with van der Waals surface area (Å²) in [5, 5.41) is 3.32. The Morgan fingerprint density at radius 1 is 1.22 bits per heavy atom. The minimum absolute atomic E-state index is 0.245. The number of hydrogen-bond donors (Lipinski definition) is 1. The lowest BCUT2D eigenvalue weighted by atomic mass is 10.2. The third-order valence-corrected chi connectivity index (χ3v) is 2.52. The predicted octanol–water partition coefficient (Wildman–Crippen LogP) is 2.56. The number of ether oxygens (including phenoxy) is 2. The number of nitrogens with zero attached hydrogens (tertiary/aromatic N) is 1. The highest BCUT2D eigenvalue weighted by Crippen LogP contribution is 2.14. The summed E-state index contributed by atoms with van der Waals surface area (Å²) < 4.78 is 10.9. The van der Waals surface area contributed by atoms with Crippen LogP contribution in [0, 0.1) is 0 Å². The molecule has 4 heteroatoms. The van der Waals surface area contributed by atoms with Gasteiger partial charge in [0.25, 0.3) is 0 Å². The zero-order chi connectivity index (χ0) is 13.4. The molecule has 1 heterocycles. The maximum atomic E-state index is 5.54. The third-order valence-electron chi connectivity index (χ3n) is 2.52. The van der Waals surface area contributed by atoms with Crippen LogP contribution >= 0.6 is 0 Å². The summed E-state index contributed by atoms with van der Waals surface area (Å²) in [4.78, 5) is 4.38. The van der Waals surface area contributed by atoms with Crippen LogP contribution in [0.5, 0.6) is 5.75 Å². The minimum atomic E-state index is 0.245. The average Bonchev–Trinajstić information content (AvgIpc) is 2.35. The van der Waals surface area contributed by atoms with Crippen molar-refractivity contribution in [1.29, 1.82) is 0 Å². The zero-order valence-electron chi connectivity index (χ0n) is 11.8. The number of nitrogens with one attached hydrogen (secondary N) is 1. The van der Waals surface area contributed by atoms with Crippen LogP contribution in [0.1, 0.15) is 39.4 Å². The summed E-state index contributed by atoms with van der Waals surface area (Å²) in [6.45, 7) is 10.3. The van der Waals surface area contributed by atoms with Crippen LogP contribution in [0.15, 0.2) is 18.3 Å². The van der Waals surface area contributed by atoms with Gasteiger partial charge < -0.3 is 14.8 Å². The van der Waals surface area contributed by atoms with Crippen LogP contribution in [0.25, 0.3) is 0 Å². The quantitative estimate of drug-likeness (QED) is 0.722. The second-order valence-electron chi connectivity index (χ2n) is 4.47. The first-order valence-corrected chi connectivity index (χ1v) is 6.57. The van der Waals surface area contributed by atoms with E-state index in [1.54, 1.807) is 6.20 Å². The Bertz CT molecular complexity index is 325. The average molecular weight is 252 g/mol. The van der Waals surface area contributed by atoms with Gasteiger partial charge in [0.15, 0.2) is 0 Å². The summed E-state index contributed by atoms with van der Waals surface area (Å²) >= 11 is 0. The lowest BCUT2D eigenvalue weighted by molar-refractivity contribution is 0.0552. The molecule has 1 aromatic heterocycles. The van der Waals surface area contributed by atoms with Crippen molar-refractivity contribution in [3.8, 4) is 5.75 Å². The Hall–Kier alpha value is -1.13. The van der Waals surface area contributed by atoms with Gasteiger partial charge >= 0.3 is 0 Å². The first kappa shape index (κ1) is 14.9. The van der Waals surface area contributed by atoms with Crippen molar-refractivity contribution in [3.05, 3.63) is 24.0 Å². The van der Waals surface area contributed by atoms with Crippen LogP contribution in [0.4, 0.5) is 0 Å². The molecule has 0 bridgehead atoms. The fraction of sp³-hybridized carbons (Fsp3) is 0.643. The van der Waals surface area contributed by atoms with Crippen LogP contribution in [-0.4, -0.2) is 30.8 Å². The van der Waals surface area contributed by atoms with E-state index in [9.17, 15) is 0 Å². The normalized spacial score (nSPS) is 12.7. The van der Waals surface area contributed by atoms with E-state index in [-0.39, 0.29) is 12.1 Å². The molecule has 1 N–H and O–H groups in total. The van der Waals surface area contributed by atoms with E-state index in [0.29, 0.717) is 13.2 Å². The molecule has 0 aromatic carbocycles. The smallest absolute Gasteiger partial charge is 0.137 e. The van der Waals surface area contributed by atoms with Crippen LogP contribution < -0.4 is 10.1 Å². The van der Waals surface area contributed by atoms with Crippen molar-refractivity contribution < 1.29 is 9.47 Å². The van der Waals surface area contributed by atoms with Gasteiger partial charge in [-0.15, -0.1) is 0 Å². The standard InChI is InChI=1S/C14H24N2O2/c1-5-15-12(4)14-7-6-13(10-16-14)18-9-8-17-11(2)3/h6-7,10-12,15H,5,8-9H2,1-4H3. The topological polar surface area (TPSA) is 43.4 Å². The van der Waals surface area contributed by atoms with Crippen LogP contribution in [0.3, 0.4) is 0 Å². The number of aromatic nitrogens is 1. The Balaban J connectivity index is 2.36. The van der Waals surface area contributed by atoms with Crippen LogP contribution in [0.2, 0.25) is 0 Å². The Morgan fingerprint density at radius 2 is 2.00 bits per heavy atom. The maximum Gasteiger partial charge on any atom is 0.137 e. The van der Waals surface area contributed by atoms with Crippen molar-refractivity contribution in [1.82, 2.24) is 10.3 Å². The maximum absolute atomic E-state index is 5.54. The van der Waals surface area contributed by atoms with E-state index >= 15 is 0 Å². The van der Waals surface area contributed by atoms with Gasteiger partial charge in [-0.25, -0.2) is 0 Å². The fourth-order valence-corrected chi connectivity index (χ4v) is 1.59. The molecule has 0 amide bonds. The van der Waals surface area contributed by atoms with E-state index in [4.69, 9.17) is 9.47 Å². The van der Waals surface area contributed by atoms with E-state index < -0.39 is 0 Å². The molecule has 0 aliphatic rings. The monoisotopic (exact) mass is 252 g/mol. The highest BCUT2D eigenvalue weighted by Gasteiger charge is 2.05. The molecule has 0 aliphatic carbocycles. The first-order valence-electron chi connectivity index (χ1n) is 6.57. The molecule has 1 atom stereocenters. The number of pyridine rings is 1. The summed E-state index contributed by atoms with van der Waals surface area (Å²) in [5.74, 6) is 0.787. The SMILES string of the molecule is CCNC(C)c1ccc(OCCOC(C)C)cn1. The molecule has 0 fully saturated rings. The predicted molar refractivity (Wildman–Crippen MR) is 72.9 cm³/mol. The largest absolute Gasteiger partial charge is 0.490 e. The van der Waals surface area contributed by atoms with Gasteiger partial charge in [0, 0.05) is 6.04 Å². The fourth-order valence-electron chi connectivity index (χ4n) is 1.59. The Morgan fingerprint density at radius 3 is 2.56 bits per heavy atom. The van der Waals surface area contributed by atoms with E-state index in [0.717, 1.165) is 18.0 Å². The van der Waals surface area contributed by atoms with E-state index in [1.165, 1.54) is 0 Å². The van der Waals surface area contributed by atoms with Crippen LogP contribution in [-0.2, 0) is 4.74 Å². The van der Waals surface area contributed by atoms with Crippen molar-refractivity contribution in [2.45, 2.75) is 39.8 Å². The second kappa shape index (κ2) is 8.06. The molecule has 1 rings (SSSR count). The summed E-state index contributed by atoms with van der Waals surface area (Å²) in [5.41, 5.74) is 1.03. The summed E-state index contributed by atoms with van der Waals surface area (Å²) in [6.07, 6.45) is 2.01. The lowest BCUT2D eigenvalue weighted by Crippen LogP contribution is -2.18. The molecule has 0 saturated heterocycles. The van der Waals surface area contributed by atoms with E-state index in [1.807, 2.05) is 26.0 Å².